The minimum atomic E-state index is -3.88. The van der Waals surface area contributed by atoms with Gasteiger partial charge in [-0.2, -0.15) is 0 Å². The number of anilines is 1. The van der Waals surface area contributed by atoms with Crippen LogP contribution in [0.25, 0.3) is 0 Å². The highest BCUT2D eigenvalue weighted by atomic mass is 35.5. The maximum Gasteiger partial charge on any atom is 0.244 e. The Morgan fingerprint density at radius 2 is 2.00 bits per heavy atom. The van der Waals surface area contributed by atoms with Crippen LogP contribution in [-0.2, 0) is 10.0 Å². The van der Waals surface area contributed by atoms with Crippen LogP contribution >= 0.6 is 34.5 Å². The summed E-state index contributed by atoms with van der Waals surface area (Å²) in [4.78, 5) is 3.96. The SMILES string of the molecule is CCC(NS(=O)(=O)c1c(Cl)cc(N)cc1Cl)c1nccs1. The first kappa shape index (κ1) is 16.5. The largest absolute Gasteiger partial charge is 0.399 e. The summed E-state index contributed by atoms with van der Waals surface area (Å²) in [6.45, 7) is 1.86. The molecule has 1 aromatic heterocycles. The quantitative estimate of drug-likeness (QED) is 0.794. The molecule has 9 heteroatoms. The fraction of sp³-hybridized carbons (Fsp3) is 0.250. The molecule has 21 heavy (non-hydrogen) atoms. The molecule has 1 heterocycles. The Morgan fingerprint density at radius 1 is 1.38 bits per heavy atom. The van der Waals surface area contributed by atoms with E-state index in [4.69, 9.17) is 28.9 Å². The Bertz CT molecular complexity index is 710. The highest BCUT2D eigenvalue weighted by Gasteiger charge is 2.26. The molecule has 0 bridgehead atoms. The third-order valence-electron chi connectivity index (χ3n) is 2.74. The predicted molar refractivity (Wildman–Crippen MR) is 86.3 cm³/mol. The van der Waals surface area contributed by atoms with Gasteiger partial charge in [-0.3, -0.25) is 0 Å². The zero-order valence-corrected chi connectivity index (χ0v) is 14.2. The molecule has 0 aliphatic heterocycles. The lowest BCUT2D eigenvalue weighted by Crippen LogP contribution is -2.28. The zero-order chi connectivity index (χ0) is 15.6. The van der Waals surface area contributed by atoms with Gasteiger partial charge in [-0.25, -0.2) is 18.1 Å². The Morgan fingerprint density at radius 3 is 2.48 bits per heavy atom. The van der Waals surface area contributed by atoms with Crippen LogP contribution in [-0.4, -0.2) is 13.4 Å². The van der Waals surface area contributed by atoms with Gasteiger partial charge < -0.3 is 5.73 Å². The van der Waals surface area contributed by atoms with Crippen LogP contribution in [0.1, 0.15) is 24.4 Å². The summed E-state index contributed by atoms with van der Waals surface area (Å²) in [5, 5.41) is 2.45. The minimum absolute atomic E-state index is 0.0125. The Labute approximate surface area is 137 Å². The van der Waals surface area contributed by atoms with Gasteiger partial charge in [-0.1, -0.05) is 30.1 Å². The second-order valence-electron chi connectivity index (χ2n) is 4.27. The van der Waals surface area contributed by atoms with Gasteiger partial charge in [0.1, 0.15) is 9.90 Å². The summed E-state index contributed by atoms with van der Waals surface area (Å²) in [5.74, 6) is 0. The van der Waals surface area contributed by atoms with Crippen molar-refractivity contribution in [2.24, 2.45) is 0 Å². The summed E-state index contributed by atoms with van der Waals surface area (Å²) >= 11 is 13.3. The maximum atomic E-state index is 12.5. The minimum Gasteiger partial charge on any atom is -0.399 e. The van der Waals surface area contributed by atoms with Crippen LogP contribution in [0, 0.1) is 0 Å². The number of hydrogen-bond acceptors (Lipinski definition) is 5. The monoisotopic (exact) mass is 365 g/mol. The number of halogens is 2. The van der Waals surface area contributed by atoms with Gasteiger partial charge in [0.05, 0.1) is 16.1 Å². The zero-order valence-electron chi connectivity index (χ0n) is 11.0. The van der Waals surface area contributed by atoms with Gasteiger partial charge >= 0.3 is 0 Å². The summed E-state index contributed by atoms with van der Waals surface area (Å²) in [5.41, 5.74) is 5.89. The number of hydrogen-bond donors (Lipinski definition) is 2. The third-order valence-corrected chi connectivity index (χ3v) is 6.03. The van der Waals surface area contributed by atoms with E-state index < -0.39 is 16.1 Å². The summed E-state index contributed by atoms with van der Waals surface area (Å²) in [6, 6.07) is 2.28. The Kier molecular flexibility index (Phi) is 5.11. The van der Waals surface area contributed by atoms with Crippen molar-refractivity contribution in [2.75, 3.05) is 5.73 Å². The number of aromatic nitrogens is 1. The van der Waals surface area contributed by atoms with Crippen molar-refractivity contribution in [3.05, 3.63) is 38.8 Å². The van der Waals surface area contributed by atoms with Crippen molar-refractivity contribution in [2.45, 2.75) is 24.3 Å². The number of sulfonamides is 1. The molecule has 2 rings (SSSR count). The van der Waals surface area contributed by atoms with E-state index in [1.807, 2.05) is 6.92 Å². The molecule has 3 N–H and O–H groups in total. The second-order valence-corrected chi connectivity index (χ2v) is 7.66. The van der Waals surface area contributed by atoms with E-state index in [1.54, 1.807) is 11.6 Å². The molecule has 0 amide bonds. The van der Waals surface area contributed by atoms with Crippen molar-refractivity contribution < 1.29 is 8.42 Å². The van der Waals surface area contributed by atoms with E-state index in [0.29, 0.717) is 17.1 Å². The number of rotatable bonds is 5. The van der Waals surface area contributed by atoms with Crippen molar-refractivity contribution >= 4 is 50.2 Å². The Balaban J connectivity index is 2.39. The van der Waals surface area contributed by atoms with Crippen LogP contribution in [0.2, 0.25) is 10.0 Å². The molecule has 1 atom stereocenters. The van der Waals surface area contributed by atoms with E-state index in [2.05, 4.69) is 9.71 Å². The number of benzene rings is 1. The second kappa shape index (κ2) is 6.50. The fourth-order valence-electron chi connectivity index (χ4n) is 1.80. The van der Waals surface area contributed by atoms with Gasteiger partial charge in [0.2, 0.25) is 10.0 Å². The molecule has 114 valence electrons. The maximum absolute atomic E-state index is 12.5. The molecule has 0 aliphatic carbocycles. The number of thiazole rings is 1. The van der Waals surface area contributed by atoms with Gasteiger partial charge in [0.25, 0.3) is 0 Å². The van der Waals surface area contributed by atoms with Gasteiger partial charge in [-0.15, -0.1) is 11.3 Å². The molecule has 0 saturated heterocycles. The van der Waals surface area contributed by atoms with Crippen LogP contribution in [0.15, 0.2) is 28.6 Å². The van der Waals surface area contributed by atoms with Gasteiger partial charge in [0.15, 0.2) is 0 Å². The van der Waals surface area contributed by atoms with Crippen molar-refractivity contribution in [1.82, 2.24) is 9.71 Å². The van der Waals surface area contributed by atoms with Crippen LogP contribution in [0.3, 0.4) is 0 Å². The lowest BCUT2D eigenvalue weighted by atomic mass is 10.3. The van der Waals surface area contributed by atoms with E-state index in [1.165, 1.54) is 23.5 Å². The first-order valence-electron chi connectivity index (χ1n) is 6.01. The first-order valence-corrected chi connectivity index (χ1v) is 9.13. The molecule has 1 aromatic carbocycles. The first-order chi connectivity index (χ1) is 9.85. The standard InChI is InChI=1S/C12H13Cl2N3O2S2/c1-2-10(12-16-3-4-20-12)17-21(18,19)11-8(13)5-7(15)6-9(11)14/h3-6,10,17H,2,15H2,1H3. The summed E-state index contributed by atoms with van der Waals surface area (Å²) < 4.78 is 27.6. The number of nitrogens with two attached hydrogens (primary N) is 1. The molecule has 0 fully saturated rings. The molecular weight excluding hydrogens is 353 g/mol. The smallest absolute Gasteiger partial charge is 0.244 e. The molecule has 0 aliphatic rings. The van der Waals surface area contributed by atoms with Gasteiger partial charge in [0, 0.05) is 17.3 Å². The molecule has 0 saturated carbocycles. The number of nitrogen functional groups attached to an aromatic ring is 1. The molecule has 2 aromatic rings. The predicted octanol–water partition coefficient (Wildman–Crippen LogP) is 3.46. The summed E-state index contributed by atoms with van der Waals surface area (Å²) in [6.07, 6.45) is 2.18. The van der Waals surface area contributed by atoms with E-state index in [-0.39, 0.29) is 14.9 Å². The molecular formula is C12H13Cl2N3O2S2. The van der Waals surface area contributed by atoms with E-state index >= 15 is 0 Å². The molecule has 0 radical (unpaired) electrons. The lowest BCUT2D eigenvalue weighted by molar-refractivity contribution is 0.549. The molecule has 0 spiro atoms. The van der Waals surface area contributed by atoms with Crippen molar-refractivity contribution in [3.8, 4) is 0 Å². The van der Waals surface area contributed by atoms with Crippen LogP contribution < -0.4 is 10.5 Å². The normalized spacial score (nSPS) is 13.3. The Hall–Kier alpha value is -0.860. The fourth-order valence-corrected chi connectivity index (χ4v) is 5.16. The van der Waals surface area contributed by atoms with E-state index in [9.17, 15) is 8.42 Å². The summed E-state index contributed by atoms with van der Waals surface area (Å²) in [7, 11) is -3.88. The highest BCUT2D eigenvalue weighted by molar-refractivity contribution is 7.89. The lowest BCUT2D eigenvalue weighted by Gasteiger charge is -2.16. The van der Waals surface area contributed by atoms with Gasteiger partial charge in [-0.05, 0) is 18.6 Å². The topological polar surface area (TPSA) is 85.1 Å². The average Bonchev–Trinajstić information content (AvgIpc) is 2.87. The molecule has 5 nitrogen and oxygen atoms in total. The van der Waals surface area contributed by atoms with Crippen molar-refractivity contribution in [3.63, 3.8) is 0 Å². The molecule has 1 unspecified atom stereocenters. The number of nitrogens with zero attached hydrogens (tertiary/aromatic N) is 1. The average molecular weight is 366 g/mol. The third kappa shape index (κ3) is 3.67. The van der Waals surface area contributed by atoms with Crippen molar-refractivity contribution in [1.29, 1.82) is 0 Å². The van der Waals surface area contributed by atoms with E-state index in [0.717, 1.165) is 0 Å². The van der Waals surface area contributed by atoms with Crippen LogP contribution in [0.4, 0.5) is 5.69 Å². The highest BCUT2D eigenvalue weighted by Crippen LogP contribution is 2.33. The van der Waals surface area contributed by atoms with Crippen LogP contribution in [0.5, 0.6) is 0 Å². The number of nitrogens with one attached hydrogen (secondary N) is 1.